The molecule has 0 saturated carbocycles. The van der Waals surface area contributed by atoms with Gasteiger partial charge in [0.05, 0.1) is 0 Å². The van der Waals surface area contributed by atoms with Crippen molar-refractivity contribution < 1.29 is 4.74 Å². The van der Waals surface area contributed by atoms with Gasteiger partial charge in [0.15, 0.2) is 0 Å². The zero-order valence-electron chi connectivity index (χ0n) is 14.4. The van der Waals surface area contributed by atoms with Crippen LogP contribution in [-0.2, 0) is 0 Å². The molecule has 1 aliphatic carbocycles. The summed E-state index contributed by atoms with van der Waals surface area (Å²) in [6.07, 6.45) is 10.1. The molecule has 1 aromatic heterocycles. The van der Waals surface area contributed by atoms with Crippen LogP contribution in [0.25, 0.3) is 0 Å². The lowest BCUT2D eigenvalue weighted by Crippen LogP contribution is -2.09. The number of rotatable bonds is 7. The molecule has 0 amide bonds. The van der Waals surface area contributed by atoms with E-state index in [-0.39, 0.29) is 0 Å². The largest absolute Gasteiger partial charge is 0.443 e. The van der Waals surface area contributed by atoms with Crippen LogP contribution in [0.2, 0.25) is 0 Å². The fraction of sp³-hybridized carbons (Fsp3) is 0.579. The van der Waals surface area contributed by atoms with Crippen LogP contribution in [0.1, 0.15) is 56.1 Å². The summed E-state index contributed by atoms with van der Waals surface area (Å²) in [6.45, 7) is 12.0. The van der Waals surface area contributed by atoms with Gasteiger partial charge in [-0.1, -0.05) is 19.4 Å². The van der Waals surface area contributed by atoms with Gasteiger partial charge >= 0.3 is 0 Å². The van der Waals surface area contributed by atoms with Crippen molar-refractivity contribution in [2.75, 3.05) is 0 Å². The minimum atomic E-state index is 0.490. The third kappa shape index (κ3) is 3.96. The lowest BCUT2D eigenvalue weighted by atomic mass is 9.95. The van der Waals surface area contributed by atoms with Gasteiger partial charge in [-0.2, -0.15) is 4.98 Å². The molecule has 22 heavy (non-hydrogen) atoms. The molecule has 1 aromatic rings. The van der Waals surface area contributed by atoms with Gasteiger partial charge < -0.3 is 4.74 Å². The Morgan fingerprint density at radius 3 is 2.73 bits per heavy atom. The Kier molecular flexibility index (Phi) is 5.76. The zero-order chi connectivity index (χ0) is 16.1. The Morgan fingerprint density at radius 1 is 1.27 bits per heavy atom. The number of aromatic nitrogens is 2. The van der Waals surface area contributed by atoms with Gasteiger partial charge in [0, 0.05) is 17.2 Å². The van der Waals surface area contributed by atoms with Gasteiger partial charge in [0.25, 0.3) is 0 Å². The van der Waals surface area contributed by atoms with E-state index < -0.39 is 0 Å². The van der Waals surface area contributed by atoms with Crippen molar-refractivity contribution in [3.8, 4) is 5.88 Å². The van der Waals surface area contributed by atoms with Crippen molar-refractivity contribution in [2.24, 2.45) is 11.8 Å². The molecule has 3 nitrogen and oxygen atoms in total. The molecule has 1 heterocycles. The third-order valence-electron chi connectivity index (χ3n) is 4.44. The maximum absolute atomic E-state index is 6.23. The maximum atomic E-state index is 6.23. The molecule has 0 saturated heterocycles. The van der Waals surface area contributed by atoms with E-state index in [9.17, 15) is 0 Å². The normalized spacial score (nSPS) is 20.8. The van der Waals surface area contributed by atoms with E-state index in [2.05, 4.69) is 29.5 Å². The first-order valence-electron chi connectivity index (χ1n) is 8.37. The third-order valence-corrected chi connectivity index (χ3v) is 4.44. The molecule has 0 aromatic carbocycles. The minimum Gasteiger partial charge on any atom is -0.443 e. The summed E-state index contributed by atoms with van der Waals surface area (Å²) in [7, 11) is 0. The Balaban J connectivity index is 2.20. The highest BCUT2D eigenvalue weighted by Crippen LogP contribution is 2.37. The lowest BCUT2D eigenvalue weighted by molar-refractivity contribution is 0.324. The fourth-order valence-corrected chi connectivity index (χ4v) is 3.13. The van der Waals surface area contributed by atoms with Gasteiger partial charge in [0.1, 0.15) is 11.6 Å². The van der Waals surface area contributed by atoms with Crippen molar-refractivity contribution in [3.05, 3.63) is 41.6 Å². The average molecular weight is 300 g/mol. The molecule has 2 atom stereocenters. The summed E-state index contributed by atoms with van der Waals surface area (Å²) in [6, 6.07) is 0. The van der Waals surface area contributed by atoms with E-state index in [0.29, 0.717) is 11.8 Å². The molecule has 1 aliphatic rings. The average Bonchev–Trinajstić information content (AvgIpc) is 2.84. The van der Waals surface area contributed by atoms with Crippen molar-refractivity contribution >= 4 is 0 Å². The highest BCUT2D eigenvalue weighted by atomic mass is 16.5. The summed E-state index contributed by atoms with van der Waals surface area (Å²) in [4.78, 5) is 8.89. The first-order valence-corrected chi connectivity index (χ1v) is 8.37. The van der Waals surface area contributed by atoms with E-state index in [0.717, 1.165) is 41.6 Å². The van der Waals surface area contributed by atoms with Crippen molar-refractivity contribution in [1.29, 1.82) is 0 Å². The highest BCUT2D eigenvalue weighted by Gasteiger charge is 2.28. The standard InChI is InChI=1S/C19H28N2O/c1-6-8-10-17-11-16(9-7-2)12-18(17)22-19-13(3)14(4)20-15(5)21-19/h6,12,16-17H,1,7-11H2,2-5H3/t16-,17?/m0/s1. The monoisotopic (exact) mass is 300 g/mol. The van der Waals surface area contributed by atoms with Gasteiger partial charge in [-0.15, -0.1) is 6.58 Å². The summed E-state index contributed by atoms with van der Waals surface area (Å²) in [5.74, 6) is 3.71. The van der Waals surface area contributed by atoms with E-state index >= 15 is 0 Å². The van der Waals surface area contributed by atoms with E-state index in [1.165, 1.54) is 19.3 Å². The second-order valence-electron chi connectivity index (χ2n) is 6.30. The van der Waals surface area contributed by atoms with E-state index in [1.54, 1.807) is 0 Å². The Bertz CT molecular complexity index is 563. The predicted octanol–water partition coefficient (Wildman–Crippen LogP) is 5.07. The number of aryl methyl sites for hydroxylation is 2. The quantitative estimate of drug-likeness (QED) is 0.660. The molecule has 120 valence electrons. The van der Waals surface area contributed by atoms with Crippen LogP contribution in [0.5, 0.6) is 5.88 Å². The molecule has 1 unspecified atom stereocenters. The van der Waals surface area contributed by atoms with Crippen LogP contribution < -0.4 is 4.74 Å². The number of allylic oxidation sites excluding steroid dienone is 3. The topological polar surface area (TPSA) is 35.0 Å². The van der Waals surface area contributed by atoms with Crippen LogP contribution in [0.3, 0.4) is 0 Å². The Labute approximate surface area is 134 Å². The molecular weight excluding hydrogens is 272 g/mol. The second-order valence-corrected chi connectivity index (χ2v) is 6.30. The molecule has 0 radical (unpaired) electrons. The number of hydrogen-bond acceptors (Lipinski definition) is 3. The Morgan fingerprint density at radius 2 is 2.05 bits per heavy atom. The fourth-order valence-electron chi connectivity index (χ4n) is 3.13. The number of ether oxygens (including phenoxy) is 1. The van der Waals surface area contributed by atoms with Crippen molar-refractivity contribution in [2.45, 2.75) is 59.8 Å². The first kappa shape index (κ1) is 16.7. The van der Waals surface area contributed by atoms with E-state index in [4.69, 9.17) is 4.74 Å². The molecule has 3 heteroatoms. The van der Waals surface area contributed by atoms with E-state index in [1.807, 2.05) is 26.8 Å². The summed E-state index contributed by atoms with van der Waals surface area (Å²) in [5, 5.41) is 0. The maximum Gasteiger partial charge on any atom is 0.225 e. The molecule has 0 aliphatic heterocycles. The molecule has 0 N–H and O–H groups in total. The molecule has 0 spiro atoms. The lowest BCUT2D eigenvalue weighted by Gasteiger charge is -2.17. The zero-order valence-corrected chi connectivity index (χ0v) is 14.4. The summed E-state index contributed by atoms with van der Waals surface area (Å²) in [5.41, 5.74) is 2.03. The SMILES string of the molecule is C=CCCC1C[C@H](CCC)C=C1Oc1nc(C)nc(C)c1C. The number of hydrogen-bond donors (Lipinski definition) is 0. The highest BCUT2D eigenvalue weighted by molar-refractivity contribution is 5.31. The van der Waals surface area contributed by atoms with Crippen LogP contribution in [0, 0.1) is 32.6 Å². The molecule has 0 bridgehead atoms. The molecule has 2 rings (SSSR count). The predicted molar refractivity (Wildman–Crippen MR) is 90.9 cm³/mol. The van der Waals surface area contributed by atoms with Gasteiger partial charge in [0.2, 0.25) is 5.88 Å². The smallest absolute Gasteiger partial charge is 0.225 e. The Hall–Kier alpha value is -1.64. The van der Waals surface area contributed by atoms with Crippen molar-refractivity contribution in [1.82, 2.24) is 9.97 Å². The van der Waals surface area contributed by atoms with Crippen LogP contribution in [-0.4, -0.2) is 9.97 Å². The summed E-state index contributed by atoms with van der Waals surface area (Å²) >= 11 is 0. The van der Waals surface area contributed by atoms with Crippen LogP contribution in [0.4, 0.5) is 0 Å². The van der Waals surface area contributed by atoms with Gasteiger partial charge in [-0.3, -0.25) is 0 Å². The first-order chi connectivity index (χ1) is 10.5. The minimum absolute atomic E-state index is 0.490. The van der Waals surface area contributed by atoms with Crippen molar-refractivity contribution in [3.63, 3.8) is 0 Å². The van der Waals surface area contributed by atoms with Gasteiger partial charge in [-0.05, 0) is 58.4 Å². The van der Waals surface area contributed by atoms with Crippen LogP contribution in [0.15, 0.2) is 24.5 Å². The molecular formula is C19H28N2O. The summed E-state index contributed by atoms with van der Waals surface area (Å²) < 4.78 is 6.23. The second kappa shape index (κ2) is 7.57. The molecule has 0 fully saturated rings. The van der Waals surface area contributed by atoms with Gasteiger partial charge in [-0.25, -0.2) is 4.98 Å². The van der Waals surface area contributed by atoms with Crippen LogP contribution >= 0.6 is 0 Å². The number of nitrogens with zero attached hydrogens (tertiary/aromatic N) is 2.